The third kappa shape index (κ3) is 2.48. The van der Waals surface area contributed by atoms with Crippen LogP contribution in [0.5, 0.6) is 11.5 Å². The number of nitrogens with one attached hydrogen (secondary N) is 1. The van der Waals surface area contributed by atoms with Gasteiger partial charge in [0.05, 0.1) is 26.0 Å². The molecule has 2 rings (SSSR count). The SMILES string of the molecule is COc1ccc(OC)c2c1CC(CCC#N)C(=O)N2. The van der Waals surface area contributed by atoms with Crippen molar-refractivity contribution in [3.05, 3.63) is 17.7 Å². The molecule has 1 atom stereocenters. The van der Waals surface area contributed by atoms with E-state index >= 15 is 0 Å². The molecule has 0 radical (unpaired) electrons. The molecule has 0 saturated carbocycles. The first-order valence-corrected chi connectivity index (χ1v) is 6.13. The quantitative estimate of drug-likeness (QED) is 0.900. The van der Waals surface area contributed by atoms with Gasteiger partial charge in [-0.15, -0.1) is 0 Å². The molecule has 1 aromatic rings. The number of ether oxygens (including phenoxy) is 2. The maximum Gasteiger partial charge on any atom is 0.227 e. The molecule has 0 saturated heterocycles. The summed E-state index contributed by atoms with van der Waals surface area (Å²) in [6.07, 6.45) is 1.51. The maximum atomic E-state index is 12.0. The minimum atomic E-state index is -0.187. The van der Waals surface area contributed by atoms with Gasteiger partial charge in [-0.3, -0.25) is 4.79 Å². The van der Waals surface area contributed by atoms with Crippen LogP contribution in [0.15, 0.2) is 12.1 Å². The first-order valence-electron chi connectivity index (χ1n) is 6.13. The molecular formula is C14H16N2O3. The molecule has 0 aliphatic carbocycles. The third-order valence-corrected chi connectivity index (χ3v) is 3.35. The van der Waals surface area contributed by atoms with Crippen molar-refractivity contribution in [3.8, 4) is 17.6 Å². The molecule has 1 aliphatic heterocycles. The molecule has 1 unspecified atom stereocenters. The lowest BCUT2D eigenvalue weighted by Gasteiger charge is -2.27. The molecule has 5 heteroatoms. The van der Waals surface area contributed by atoms with Gasteiger partial charge in [-0.25, -0.2) is 0 Å². The van der Waals surface area contributed by atoms with Crippen LogP contribution in [0.2, 0.25) is 0 Å². The summed E-state index contributed by atoms with van der Waals surface area (Å²) in [5, 5.41) is 11.5. The highest BCUT2D eigenvalue weighted by atomic mass is 16.5. The lowest BCUT2D eigenvalue weighted by atomic mass is 9.89. The van der Waals surface area contributed by atoms with Crippen molar-refractivity contribution in [1.29, 1.82) is 5.26 Å². The lowest BCUT2D eigenvalue weighted by Crippen LogP contribution is -2.30. The third-order valence-electron chi connectivity index (χ3n) is 3.35. The van der Waals surface area contributed by atoms with Gasteiger partial charge in [0.25, 0.3) is 0 Å². The molecular weight excluding hydrogens is 244 g/mol. The second-order valence-corrected chi connectivity index (χ2v) is 4.41. The molecule has 19 heavy (non-hydrogen) atoms. The fraction of sp³-hybridized carbons (Fsp3) is 0.429. The molecule has 1 heterocycles. The zero-order valence-electron chi connectivity index (χ0n) is 11.0. The Hall–Kier alpha value is -2.22. The summed E-state index contributed by atoms with van der Waals surface area (Å²) in [7, 11) is 3.17. The number of amides is 1. The lowest BCUT2D eigenvalue weighted by molar-refractivity contribution is -0.120. The van der Waals surface area contributed by atoms with E-state index in [0.29, 0.717) is 30.7 Å². The number of rotatable bonds is 4. The topological polar surface area (TPSA) is 71.3 Å². The first kappa shape index (κ1) is 13.2. The van der Waals surface area contributed by atoms with Crippen LogP contribution in [0.3, 0.4) is 0 Å². The molecule has 1 aromatic carbocycles. The van der Waals surface area contributed by atoms with Gasteiger partial charge in [0.1, 0.15) is 11.5 Å². The van der Waals surface area contributed by atoms with Crippen LogP contribution in [0, 0.1) is 17.2 Å². The average molecular weight is 260 g/mol. The van der Waals surface area contributed by atoms with E-state index in [1.807, 2.05) is 6.07 Å². The predicted octanol–water partition coefficient (Wildman–Crippen LogP) is 2.12. The van der Waals surface area contributed by atoms with Gasteiger partial charge in [0, 0.05) is 17.9 Å². The summed E-state index contributed by atoms with van der Waals surface area (Å²) in [6.45, 7) is 0. The number of benzene rings is 1. The second-order valence-electron chi connectivity index (χ2n) is 4.41. The van der Waals surface area contributed by atoms with Crippen LogP contribution in [-0.4, -0.2) is 20.1 Å². The first-order chi connectivity index (χ1) is 9.21. The van der Waals surface area contributed by atoms with Crippen molar-refractivity contribution in [2.75, 3.05) is 19.5 Å². The van der Waals surface area contributed by atoms with E-state index in [1.165, 1.54) is 0 Å². The van der Waals surface area contributed by atoms with Crippen molar-refractivity contribution in [1.82, 2.24) is 0 Å². The number of hydrogen-bond donors (Lipinski definition) is 1. The Morgan fingerprint density at radius 3 is 2.68 bits per heavy atom. The second kappa shape index (κ2) is 5.61. The van der Waals surface area contributed by atoms with Crippen LogP contribution in [0.25, 0.3) is 0 Å². The van der Waals surface area contributed by atoms with E-state index in [1.54, 1.807) is 20.3 Å². The average Bonchev–Trinajstić information content (AvgIpc) is 2.44. The summed E-state index contributed by atoms with van der Waals surface area (Å²) >= 11 is 0. The molecule has 0 bridgehead atoms. The van der Waals surface area contributed by atoms with Crippen LogP contribution >= 0.6 is 0 Å². The number of carbonyl (C=O) groups is 1. The van der Waals surface area contributed by atoms with Crippen molar-refractivity contribution < 1.29 is 14.3 Å². The molecule has 0 aromatic heterocycles. The van der Waals surface area contributed by atoms with Gasteiger partial charge in [0.15, 0.2) is 0 Å². The number of fused-ring (bicyclic) bond motifs is 1. The van der Waals surface area contributed by atoms with E-state index in [9.17, 15) is 4.79 Å². The number of nitrogens with zero attached hydrogens (tertiary/aromatic N) is 1. The van der Waals surface area contributed by atoms with Crippen molar-refractivity contribution >= 4 is 11.6 Å². The van der Waals surface area contributed by atoms with Gasteiger partial charge in [-0.2, -0.15) is 5.26 Å². The Morgan fingerprint density at radius 1 is 1.37 bits per heavy atom. The molecule has 5 nitrogen and oxygen atoms in total. The van der Waals surface area contributed by atoms with Crippen molar-refractivity contribution in [2.24, 2.45) is 5.92 Å². The van der Waals surface area contributed by atoms with Gasteiger partial charge < -0.3 is 14.8 Å². The standard InChI is InChI=1S/C14H16N2O3/c1-18-11-5-6-12(19-2)13-10(11)8-9(4-3-7-15)14(17)16-13/h5-6,9H,3-4,8H2,1-2H3,(H,16,17). The van der Waals surface area contributed by atoms with E-state index in [0.717, 1.165) is 11.3 Å². The minimum Gasteiger partial charge on any atom is -0.496 e. The fourth-order valence-corrected chi connectivity index (χ4v) is 2.34. The number of methoxy groups -OCH3 is 2. The van der Waals surface area contributed by atoms with Gasteiger partial charge in [-0.1, -0.05) is 0 Å². The number of anilines is 1. The largest absolute Gasteiger partial charge is 0.496 e. The molecule has 100 valence electrons. The molecule has 1 N–H and O–H groups in total. The normalized spacial score (nSPS) is 17.1. The molecule has 1 amide bonds. The van der Waals surface area contributed by atoms with Crippen LogP contribution < -0.4 is 14.8 Å². The monoisotopic (exact) mass is 260 g/mol. The molecule has 0 fully saturated rings. The predicted molar refractivity (Wildman–Crippen MR) is 70.2 cm³/mol. The van der Waals surface area contributed by atoms with E-state index in [4.69, 9.17) is 14.7 Å². The fourth-order valence-electron chi connectivity index (χ4n) is 2.34. The Bertz CT molecular complexity index is 534. The van der Waals surface area contributed by atoms with Gasteiger partial charge >= 0.3 is 0 Å². The molecule has 0 spiro atoms. The van der Waals surface area contributed by atoms with Crippen molar-refractivity contribution in [2.45, 2.75) is 19.3 Å². The summed E-state index contributed by atoms with van der Waals surface area (Å²) in [5.74, 6) is 1.11. The molecule has 1 aliphatic rings. The smallest absolute Gasteiger partial charge is 0.227 e. The summed E-state index contributed by atoms with van der Waals surface area (Å²) in [6, 6.07) is 5.68. The van der Waals surface area contributed by atoms with Gasteiger partial charge in [0.2, 0.25) is 5.91 Å². The number of hydrogen-bond acceptors (Lipinski definition) is 4. The minimum absolute atomic E-state index is 0.0608. The Morgan fingerprint density at radius 2 is 2.05 bits per heavy atom. The Kier molecular flexibility index (Phi) is 3.91. The van der Waals surface area contributed by atoms with Crippen LogP contribution in [0.4, 0.5) is 5.69 Å². The zero-order valence-corrected chi connectivity index (χ0v) is 11.0. The van der Waals surface area contributed by atoms with Crippen LogP contribution in [0.1, 0.15) is 18.4 Å². The van der Waals surface area contributed by atoms with E-state index in [-0.39, 0.29) is 11.8 Å². The highest BCUT2D eigenvalue weighted by Gasteiger charge is 2.30. The Balaban J connectivity index is 2.37. The van der Waals surface area contributed by atoms with Crippen molar-refractivity contribution in [3.63, 3.8) is 0 Å². The highest BCUT2D eigenvalue weighted by Crippen LogP contribution is 2.40. The summed E-state index contributed by atoms with van der Waals surface area (Å²) < 4.78 is 10.6. The van der Waals surface area contributed by atoms with E-state index < -0.39 is 0 Å². The Labute approximate surface area is 112 Å². The zero-order chi connectivity index (χ0) is 13.8. The van der Waals surface area contributed by atoms with Crippen LogP contribution in [-0.2, 0) is 11.2 Å². The summed E-state index contributed by atoms with van der Waals surface area (Å²) in [4.78, 5) is 12.0. The number of carbonyl (C=O) groups excluding carboxylic acids is 1. The number of nitriles is 1. The highest BCUT2D eigenvalue weighted by molar-refractivity contribution is 5.98. The maximum absolute atomic E-state index is 12.0. The summed E-state index contributed by atoms with van der Waals surface area (Å²) in [5.41, 5.74) is 1.62. The van der Waals surface area contributed by atoms with E-state index in [2.05, 4.69) is 11.4 Å². The van der Waals surface area contributed by atoms with Gasteiger partial charge in [-0.05, 0) is 25.0 Å².